The topological polar surface area (TPSA) is 76.2 Å². The summed E-state index contributed by atoms with van der Waals surface area (Å²) >= 11 is 6.02. The van der Waals surface area contributed by atoms with E-state index in [1.165, 1.54) is 16.4 Å². The molecule has 1 aliphatic rings. The Morgan fingerprint density at radius 3 is 2.28 bits per heavy atom. The van der Waals surface area contributed by atoms with E-state index in [2.05, 4.69) is 0 Å². The fourth-order valence-corrected chi connectivity index (χ4v) is 4.61. The van der Waals surface area contributed by atoms with Crippen molar-refractivity contribution < 1.29 is 22.7 Å². The first-order chi connectivity index (χ1) is 13.9. The van der Waals surface area contributed by atoms with Gasteiger partial charge in [0.2, 0.25) is 10.0 Å². The van der Waals surface area contributed by atoms with Crippen molar-refractivity contribution in [1.29, 1.82) is 0 Å². The van der Waals surface area contributed by atoms with Gasteiger partial charge in [-0.25, -0.2) is 8.42 Å². The number of rotatable bonds is 7. The number of hydrogen-bond acceptors (Lipinski definition) is 5. The van der Waals surface area contributed by atoms with Gasteiger partial charge in [0, 0.05) is 26.2 Å². The second-order valence-corrected chi connectivity index (χ2v) is 8.75. The van der Waals surface area contributed by atoms with Gasteiger partial charge in [-0.05, 0) is 43.3 Å². The molecule has 0 aromatic heterocycles. The molecule has 0 unspecified atom stereocenters. The van der Waals surface area contributed by atoms with Crippen LogP contribution in [0.3, 0.4) is 0 Å². The van der Waals surface area contributed by atoms with Crippen LogP contribution in [0.5, 0.6) is 11.5 Å². The first-order valence-corrected chi connectivity index (χ1v) is 11.1. The maximum Gasteiger partial charge on any atom is 0.260 e. The van der Waals surface area contributed by atoms with Crippen LogP contribution in [0.2, 0.25) is 5.02 Å². The Kier molecular flexibility index (Phi) is 7.00. The number of para-hydroxylation sites is 1. The van der Waals surface area contributed by atoms with Gasteiger partial charge < -0.3 is 14.4 Å². The van der Waals surface area contributed by atoms with E-state index in [1.807, 2.05) is 6.92 Å². The van der Waals surface area contributed by atoms with Crippen molar-refractivity contribution in [2.24, 2.45) is 0 Å². The number of carbonyl (C=O) groups is 1. The minimum Gasteiger partial charge on any atom is -0.494 e. The summed E-state index contributed by atoms with van der Waals surface area (Å²) in [5.74, 6) is 0.864. The summed E-state index contributed by atoms with van der Waals surface area (Å²) in [6.07, 6.45) is 0. The SMILES string of the molecule is CCOc1ccc(S(=O)(=O)N2CCN(C(=O)COc3ccccc3Cl)CC2)cc1. The van der Waals surface area contributed by atoms with Crippen LogP contribution < -0.4 is 9.47 Å². The quantitative estimate of drug-likeness (QED) is 0.664. The van der Waals surface area contributed by atoms with Gasteiger partial charge in [-0.1, -0.05) is 23.7 Å². The number of piperazine rings is 1. The molecule has 0 spiro atoms. The molecule has 9 heteroatoms. The molecular weight excluding hydrogens is 416 g/mol. The summed E-state index contributed by atoms with van der Waals surface area (Å²) in [5, 5.41) is 0.437. The van der Waals surface area contributed by atoms with Crippen LogP contribution >= 0.6 is 11.6 Å². The summed E-state index contributed by atoms with van der Waals surface area (Å²) in [7, 11) is -3.61. The zero-order chi connectivity index (χ0) is 20.9. The average Bonchev–Trinajstić information content (AvgIpc) is 2.74. The lowest BCUT2D eigenvalue weighted by atomic mass is 10.3. The second-order valence-electron chi connectivity index (χ2n) is 6.41. The van der Waals surface area contributed by atoms with Gasteiger partial charge in [0.1, 0.15) is 11.5 Å². The summed E-state index contributed by atoms with van der Waals surface area (Å²) in [4.78, 5) is 14.2. The minimum absolute atomic E-state index is 0.143. The number of carbonyl (C=O) groups excluding carboxylic acids is 1. The summed E-state index contributed by atoms with van der Waals surface area (Å²) in [5.41, 5.74) is 0. The largest absolute Gasteiger partial charge is 0.494 e. The van der Waals surface area contributed by atoms with Crippen LogP contribution in [-0.2, 0) is 14.8 Å². The minimum atomic E-state index is -3.61. The monoisotopic (exact) mass is 438 g/mol. The van der Waals surface area contributed by atoms with Crippen molar-refractivity contribution in [3.63, 3.8) is 0 Å². The second kappa shape index (κ2) is 9.47. The Bertz CT molecular complexity index is 942. The van der Waals surface area contributed by atoms with Crippen LogP contribution in [0.1, 0.15) is 6.92 Å². The normalized spacial score (nSPS) is 15.2. The first-order valence-electron chi connectivity index (χ1n) is 9.30. The van der Waals surface area contributed by atoms with Crippen LogP contribution in [0.25, 0.3) is 0 Å². The van der Waals surface area contributed by atoms with Gasteiger partial charge in [-0.3, -0.25) is 4.79 Å². The Hall–Kier alpha value is -2.29. The standard InChI is InChI=1S/C20H23ClN2O5S/c1-2-27-16-7-9-17(10-8-16)29(25,26)23-13-11-22(12-14-23)20(24)15-28-19-6-4-3-5-18(19)21/h3-10H,2,11-15H2,1H3. The third kappa shape index (κ3) is 5.20. The van der Waals surface area contributed by atoms with Gasteiger partial charge >= 0.3 is 0 Å². The van der Waals surface area contributed by atoms with E-state index in [-0.39, 0.29) is 30.5 Å². The van der Waals surface area contributed by atoms with Crippen molar-refractivity contribution in [3.05, 3.63) is 53.6 Å². The molecule has 0 saturated carbocycles. The van der Waals surface area contributed by atoms with E-state index >= 15 is 0 Å². The molecule has 1 amide bonds. The highest BCUT2D eigenvalue weighted by Gasteiger charge is 2.30. The Morgan fingerprint density at radius 2 is 1.66 bits per heavy atom. The summed E-state index contributed by atoms with van der Waals surface area (Å²) in [6, 6.07) is 13.3. The molecule has 1 aliphatic heterocycles. The number of hydrogen-bond donors (Lipinski definition) is 0. The molecule has 2 aromatic rings. The van der Waals surface area contributed by atoms with E-state index in [1.54, 1.807) is 41.3 Å². The third-order valence-electron chi connectivity index (χ3n) is 4.55. The molecule has 0 atom stereocenters. The molecule has 2 aromatic carbocycles. The van der Waals surface area contributed by atoms with Gasteiger partial charge in [0.25, 0.3) is 5.91 Å². The molecule has 1 saturated heterocycles. The average molecular weight is 439 g/mol. The molecule has 1 fully saturated rings. The number of amides is 1. The molecule has 7 nitrogen and oxygen atoms in total. The van der Waals surface area contributed by atoms with E-state index in [9.17, 15) is 13.2 Å². The van der Waals surface area contributed by atoms with E-state index in [4.69, 9.17) is 21.1 Å². The van der Waals surface area contributed by atoms with Crippen molar-refractivity contribution in [2.45, 2.75) is 11.8 Å². The lowest BCUT2D eigenvalue weighted by Crippen LogP contribution is -2.51. The van der Waals surface area contributed by atoms with Crippen LogP contribution in [0, 0.1) is 0 Å². The van der Waals surface area contributed by atoms with Crippen LogP contribution in [-0.4, -0.2) is 62.9 Å². The molecule has 3 rings (SSSR count). The lowest BCUT2D eigenvalue weighted by Gasteiger charge is -2.34. The Morgan fingerprint density at radius 1 is 1.00 bits per heavy atom. The zero-order valence-electron chi connectivity index (χ0n) is 16.1. The predicted molar refractivity (Wildman–Crippen MR) is 110 cm³/mol. The van der Waals surface area contributed by atoms with E-state index in [0.717, 1.165) is 0 Å². The molecular formula is C20H23ClN2O5S. The van der Waals surface area contributed by atoms with E-state index in [0.29, 0.717) is 36.2 Å². The number of benzene rings is 2. The van der Waals surface area contributed by atoms with Gasteiger partial charge in [0.05, 0.1) is 16.5 Å². The Labute approximate surface area is 175 Å². The number of nitrogens with zero attached hydrogens (tertiary/aromatic N) is 2. The maximum atomic E-state index is 12.8. The summed E-state index contributed by atoms with van der Waals surface area (Å²) < 4.78 is 37.9. The molecule has 0 N–H and O–H groups in total. The zero-order valence-corrected chi connectivity index (χ0v) is 17.7. The summed E-state index contributed by atoms with van der Waals surface area (Å²) in [6.45, 7) is 3.31. The van der Waals surface area contributed by atoms with Crippen LogP contribution in [0.15, 0.2) is 53.4 Å². The van der Waals surface area contributed by atoms with E-state index < -0.39 is 10.0 Å². The smallest absolute Gasteiger partial charge is 0.260 e. The number of sulfonamides is 1. The predicted octanol–water partition coefficient (Wildman–Crippen LogP) is 2.65. The highest BCUT2D eigenvalue weighted by atomic mass is 35.5. The molecule has 156 valence electrons. The van der Waals surface area contributed by atoms with Crippen molar-refractivity contribution >= 4 is 27.5 Å². The highest BCUT2D eigenvalue weighted by Crippen LogP contribution is 2.23. The van der Waals surface area contributed by atoms with Crippen molar-refractivity contribution in [2.75, 3.05) is 39.4 Å². The van der Waals surface area contributed by atoms with Gasteiger partial charge in [-0.15, -0.1) is 0 Å². The van der Waals surface area contributed by atoms with Crippen molar-refractivity contribution in [1.82, 2.24) is 9.21 Å². The highest BCUT2D eigenvalue weighted by molar-refractivity contribution is 7.89. The fourth-order valence-electron chi connectivity index (χ4n) is 2.99. The molecule has 0 radical (unpaired) electrons. The molecule has 0 bridgehead atoms. The molecule has 29 heavy (non-hydrogen) atoms. The fraction of sp³-hybridized carbons (Fsp3) is 0.350. The first kappa shape index (κ1) is 21.4. The third-order valence-corrected chi connectivity index (χ3v) is 6.78. The Balaban J connectivity index is 1.55. The molecule has 1 heterocycles. The van der Waals surface area contributed by atoms with Gasteiger partial charge in [-0.2, -0.15) is 4.31 Å². The number of halogens is 1. The number of ether oxygens (including phenoxy) is 2. The van der Waals surface area contributed by atoms with Gasteiger partial charge in [0.15, 0.2) is 6.61 Å². The van der Waals surface area contributed by atoms with Crippen molar-refractivity contribution in [3.8, 4) is 11.5 Å². The lowest BCUT2D eigenvalue weighted by molar-refractivity contribution is -0.134. The maximum absolute atomic E-state index is 12.8. The molecule has 0 aliphatic carbocycles. The van der Waals surface area contributed by atoms with Crippen LogP contribution in [0.4, 0.5) is 0 Å².